The Morgan fingerprint density at radius 3 is 2.30 bits per heavy atom. The van der Waals surface area contributed by atoms with E-state index in [1.807, 2.05) is 12.1 Å². The largest absolute Gasteiger partial charge is 0.371 e. The summed E-state index contributed by atoms with van der Waals surface area (Å²) in [6, 6.07) is 6.29. The Morgan fingerprint density at radius 1 is 1.07 bits per heavy atom. The smallest absolute Gasteiger partial charge is 0.217 e. The van der Waals surface area contributed by atoms with Crippen LogP contribution in [-0.2, 0) is 0 Å². The zero-order valence-corrected chi connectivity index (χ0v) is 19.3. The number of halogens is 1. The first-order valence-electron chi connectivity index (χ1n) is 10.7. The van der Waals surface area contributed by atoms with Gasteiger partial charge in [-0.25, -0.2) is 11.6 Å². The van der Waals surface area contributed by atoms with Crippen molar-refractivity contribution >= 4 is 28.3 Å². The van der Waals surface area contributed by atoms with E-state index in [9.17, 15) is 0 Å². The Bertz CT molecular complexity index is 1140. The fourth-order valence-electron chi connectivity index (χ4n) is 4.93. The maximum Gasteiger partial charge on any atom is 0.217 e. The zero-order chi connectivity index (χ0) is 21.6. The lowest BCUT2D eigenvalue weighted by Crippen LogP contribution is -2.34. The second-order valence-electron chi connectivity index (χ2n) is 8.69. The maximum atomic E-state index is 7.17. The number of anilines is 1. The third kappa shape index (κ3) is 3.46. The molecule has 30 heavy (non-hydrogen) atoms. The molecule has 0 saturated carbocycles. The van der Waals surface area contributed by atoms with Crippen molar-refractivity contribution in [1.29, 1.82) is 0 Å². The van der Waals surface area contributed by atoms with Crippen molar-refractivity contribution in [3.63, 3.8) is 0 Å². The van der Waals surface area contributed by atoms with E-state index < -0.39 is 0 Å². The van der Waals surface area contributed by atoms with Gasteiger partial charge in [0.2, 0.25) is 6.54 Å². The highest BCUT2D eigenvalue weighted by atomic mass is 35.5. The van der Waals surface area contributed by atoms with E-state index in [4.69, 9.17) is 23.2 Å². The van der Waals surface area contributed by atoms with Crippen molar-refractivity contribution < 1.29 is 0 Å². The van der Waals surface area contributed by atoms with Crippen LogP contribution in [0.4, 0.5) is 5.69 Å². The molecule has 3 aromatic rings. The maximum absolute atomic E-state index is 7.17. The van der Waals surface area contributed by atoms with Crippen LogP contribution in [0.3, 0.4) is 0 Å². The van der Waals surface area contributed by atoms with Crippen molar-refractivity contribution in [3.05, 3.63) is 62.7 Å². The minimum atomic E-state index is 0.531. The topological polar surface area (TPSA) is 25.4 Å². The van der Waals surface area contributed by atoms with Crippen LogP contribution in [0.1, 0.15) is 40.9 Å². The number of fused-ring (bicyclic) bond motifs is 1. The molecular formula is C25H29ClN4. The molecule has 0 bridgehead atoms. The van der Waals surface area contributed by atoms with Gasteiger partial charge >= 0.3 is 0 Å². The highest BCUT2D eigenvalue weighted by Crippen LogP contribution is 2.38. The van der Waals surface area contributed by atoms with Gasteiger partial charge in [0.1, 0.15) is 5.65 Å². The molecule has 0 radical (unpaired) electrons. The van der Waals surface area contributed by atoms with Gasteiger partial charge < -0.3 is 9.74 Å². The molecular weight excluding hydrogens is 392 g/mol. The van der Waals surface area contributed by atoms with Gasteiger partial charge in [0, 0.05) is 46.5 Å². The molecule has 3 heterocycles. The Kier molecular flexibility index (Phi) is 5.51. The van der Waals surface area contributed by atoms with Gasteiger partial charge in [-0.1, -0.05) is 11.6 Å². The summed E-state index contributed by atoms with van der Waals surface area (Å²) >= 11 is 6.31. The van der Waals surface area contributed by atoms with Gasteiger partial charge in [-0.15, -0.1) is 0 Å². The molecule has 1 aliphatic heterocycles. The van der Waals surface area contributed by atoms with Crippen molar-refractivity contribution in [3.8, 4) is 5.69 Å². The lowest BCUT2D eigenvalue weighted by molar-refractivity contribution is 0.431. The van der Waals surface area contributed by atoms with Crippen LogP contribution in [-0.4, -0.2) is 29.2 Å². The number of pyridine rings is 1. The Morgan fingerprint density at radius 2 is 1.70 bits per heavy atom. The summed E-state index contributed by atoms with van der Waals surface area (Å²) in [4.78, 5) is 11.1. The molecule has 0 unspecified atom stereocenters. The second-order valence-corrected chi connectivity index (χ2v) is 9.12. The fourth-order valence-corrected chi connectivity index (χ4v) is 5.26. The van der Waals surface area contributed by atoms with Crippen molar-refractivity contribution in [1.82, 2.24) is 9.55 Å². The van der Waals surface area contributed by atoms with E-state index in [0.717, 1.165) is 53.4 Å². The summed E-state index contributed by atoms with van der Waals surface area (Å²) < 4.78 is 2.31. The molecule has 1 aromatic carbocycles. The number of benzene rings is 1. The van der Waals surface area contributed by atoms with Gasteiger partial charge in [0.25, 0.3) is 0 Å². The summed E-state index contributed by atoms with van der Waals surface area (Å²) in [6.07, 6.45) is 2.17. The molecule has 1 fully saturated rings. The molecule has 2 aromatic heterocycles. The van der Waals surface area contributed by atoms with Crippen LogP contribution in [0, 0.1) is 47.1 Å². The molecule has 1 saturated heterocycles. The van der Waals surface area contributed by atoms with Crippen molar-refractivity contribution in [2.75, 3.05) is 24.5 Å². The van der Waals surface area contributed by atoms with Crippen LogP contribution in [0.25, 0.3) is 21.6 Å². The normalized spacial score (nSPS) is 15.0. The number of nitrogens with zero attached hydrogens (tertiary/aromatic N) is 4. The van der Waals surface area contributed by atoms with Gasteiger partial charge in [0.15, 0.2) is 0 Å². The molecule has 0 amide bonds. The van der Waals surface area contributed by atoms with E-state index in [2.05, 4.69) is 55.0 Å². The van der Waals surface area contributed by atoms with Crippen LogP contribution in [0.2, 0.25) is 5.02 Å². The average Bonchev–Trinajstić information content (AvgIpc) is 2.92. The number of rotatable bonds is 3. The predicted octanol–water partition coefficient (Wildman–Crippen LogP) is 6.36. The van der Waals surface area contributed by atoms with E-state index in [0.29, 0.717) is 12.5 Å². The first-order valence-corrected chi connectivity index (χ1v) is 11.0. The number of piperidine rings is 1. The molecule has 156 valence electrons. The van der Waals surface area contributed by atoms with Crippen molar-refractivity contribution in [2.24, 2.45) is 5.92 Å². The highest BCUT2D eigenvalue weighted by molar-refractivity contribution is 6.30. The third-order valence-corrected chi connectivity index (χ3v) is 6.77. The number of aromatic nitrogens is 2. The fraction of sp³-hybridized carbons (Fsp3) is 0.440. The SMILES string of the molecule is [C-]#[N+]CC1CCN(c2cc(C)nc3c2c(C)c(C)n3-c2c(C)cc(Cl)cc2C)CC1. The number of hydrogen-bond donors (Lipinski definition) is 0. The Balaban J connectivity index is 1.89. The first kappa shape index (κ1) is 20.8. The molecule has 0 aliphatic carbocycles. The Hall–Kier alpha value is -2.51. The first-order chi connectivity index (χ1) is 14.3. The van der Waals surface area contributed by atoms with Crippen LogP contribution in [0.15, 0.2) is 18.2 Å². The predicted molar refractivity (Wildman–Crippen MR) is 126 cm³/mol. The van der Waals surface area contributed by atoms with E-state index >= 15 is 0 Å². The van der Waals surface area contributed by atoms with Gasteiger partial charge in [-0.05, 0) is 82.3 Å². The van der Waals surface area contributed by atoms with Gasteiger partial charge in [0.05, 0.1) is 5.69 Å². The summed E-state index contributed by atoms with van der Waals surface area (Å²) in [5, 5.41) is 2.02. The summed E-state index contributed by atoms with van der Waals surface area (Å²) in [5.41, 5.74) is 9.33. The van der Waals surface area contributed by atoms with E-state index in [1.54, 1.807) is 0 Å². The molecule has 0 atom stereocenters. The zero-order valence-electron chi connectivity index (χ0n) is 18.5. The minimum absolute atomic E-state index is 0.531. The molecule has 4 rings (SSSR count). The molecule has 4 nitrogen and oxygen atoms in total. The van der Waals surface area contributed by atoms with Crippen LogP contribution >= 0.6 is 11.6 Å². The lowest BCUT2D eigenvalue weighted by atomic mass is 9.96. The average molecular weight is 421 g/mol. The third-order valence-electron chi connectivity index (χ3n) is 6.56. The second kappa shape index (κ2) is 7.96. The lowest BCUT2D eigenvalue weighted by Gasteiger charge is -2.32. The van der Waals surface area contributed by atoms with E-state index in [-0.39, 0.29) is 0 Å². The van der Waals surface area contributed by atoms with Gasteiger partial charge in [-0.2, -0.15) is 0 Å². The minimum Gasteiger partial charge on any atom is -0.371 e. The summed E-state index contributed by atoms with van der Waals surface area (Å²) in [5.74, 6) is 0.531. The van der Waals surface area contributed by atoms with Gasteiger partial charge in [-0.3, -0.25) is 4.57 Å². The quantitative estimate of drug-likeness (QED) is 0.461. The van der Waals surface area contributed by atoms with Crippen LogP contribution in [0.5, 0.6) is 0 Å². The summed E-state index contributed by atoms with van der Waals surface area (Å²) in [6.45, 7) is 20.5. The highest BCUT2D eigenvalue weighted by Gasteiger charge is 2.26. The monoisotopic (exact) mass is 420 g/mol. The van der Waals surface area contributed by atoms with E-state index in [1.165, 1.54) is 28.0 Å². The molecule has 0 N–H and O–H groups in total. The number of aryl methyl sites for hydroxylation is 4. The summed E-state index contributed by atoms with van der Waals surface area (Å²) in [7, 11) is 0. The van der Waals surface area contributed by atoms with Crippen LogP contribution < -0.4 is 4.90 Å². The van der Waals surface area contributed by atoms with Crippen molar-refractivity contribution in [2.45, 2.75) is 47.5 Å². The molecule has 5 heteroatoms. The standard InChI is InChI=1S/C25H29ClN4/c1-15-11-21(26)12-16(2)24(15)30-19(5)18(4)23-22(13-17(3)28-25(23)30)29-9-7-20(8-10-29)14-27-6/h11-13,20H,7-10,14H2,1-5H3. The molecule has 0 spiro atoms. The Labute approximate surface area is 184 Å². The molecule has 1 aliphatic rings. The number of hydrogen-bond acceptors (Lipinski definition) is 2.